The molecule has 1 saturated heterocycles. The van der Waals surface area contributed by atoms with Crippen molar-refractivity contribution in [1.82, 2.24) is 15.1 Å². The van der Waals surface area contributed by atoms with Crippen LogP contribution in [0.4, 0.5) is 13.2 Å². The molecule has 1 aromatic carbocycles. The van der Waals surface area contributed by atoms with Crippen LogP contribution in [0.1, 0.15) is 49.7 Å². The molecule has 1 aliphatic carbocycles. The number of carbonyl (C=O) groups excluding carboxylic acids is 1. The van der Waals surface area contributed by atoms with Crippen LogP contribution >= 0.6 is 0 Å². The maximum atomic E-state index is 12.7. The molecular weight excluding hydrogens is 393 g/mol. The smallest absolute Gasteiger partial charge is 0.337 e. The fourth-order valence-electron chi connectivity index (χ4n) is 4.27. The molecule has 8 heteroatoms. The van der Waals surface area contributed by atoms with E-state index in [2.05, 4.69) is 21.2 Å². The third-order valence-electron chi connectivity index (χ3n) is 6.07. The predicted molar refractivity (Wildman–Crippen MR) is 107 cm³/mol. The molecule has 5 nitrogen and oxygen atoms in total. The fraction of sp³-hybridized carbons (Fsp3) is 0.636. The van der Waals surface area contributed by atoms with Crippen LogP contribution in [0.2, 0.25) is 0 Å². The summed E-state index contributed by atoms with van der Waals surface area (Å²) in [7, 11) is 0. The molecular formula is C22H29F3N4O. The average molecular weight is 422 g/mol. The van der Waals surface area contributed by atoms with Crippen LogP contribution in [-0.4, -0.2) is 54.0 Å². The van der Waals surface area contributed by atoms with E-state index in [4.69, 9.17) is 0 Å². The Morgan fingerprint density at radius 1 is 1.00 bits per heavy atom. The molecule has 0 bridgehead atoms. The van der Waals surface area contributed by atoms with Gasteiger partial charge in [0.2, 0.25) is 5.91 Å². The van der Waals surface area contributed by atoms with Gasteiger partial charge in [0.25, 0.3) is 0 Å². The van der Waals surface area contributed by atoms with Crippen LogP contribution in [0.25, 0.3) is 0 Å². The largest absolute Gasteiger partial charge is 0.416 e. The van der Waals surface area contributed by atoms with E-state index in [0.717, 1.165) is 69.3 Å². The molecule has 30 heavy (non-hydrogen) atoms. The minimum Gasteiger partial charge on any atom is -0.337 e. The van der Waals surface area contributed by atoms with E-state index in [0.29, 0.717) is 19.6 Å². The van der Waals surface area contributed by atoms with Gasteiger partial charge in [-0.25, -0.2) is 0 Å². The molecule has 0 aromatic heterocycles. The van der Waals surface area contributed by atoms with E-state index < -0.39 is 17.3 Å². The van der Waals surface area contributed by atoms with Gasteiger partial charge in [-0.3, -0.25) is 14.6 Å². The topological polar surface area (TPSA) is 59.4 Å². The highest BCUT2D eigenvalue weighted by Gasteiger charge is 2.33. The summed E-state index contributed by atoms with van der Waals surface area (Å²) >= 11 is 0. The monoisotopic (exact) mass is 422 g/mol. The second-order valence-electron chi connectivity index (χ2n) is 8.40. The van der Waals surface area contributed by atoms with Gasteiger partial charge >= 0.3 is 6.18 Å². The van der Waals surface area contributed by atoms with Crippen molar-refractivity contribution in [1.29, 1.82) is 5.26 Å². The molecule has 0 atom stereocenters. The Labute approximate surface area is 175 Å². The summed E-state index contributed by atoms with van der Waals surface area (Å²) in [4.78, 5) is 16.8. The molecule has 2 aliphatic rings. The Kier molecular flexibility index (Phi) is 7.37. The highest BCUT2D eigenvalue weighted by molar-refractivity contribution is 5.79. The lowest BCUT2D eigenvalue weighted by molar-refractivity contribution is -0.137. The van der Waals surface area contributed by atoms with Crippen LogP contribution in [0.15, 0.2) is 24.3 Å². The highest BCUT2D eigenvalue weighted by atomic mass is 19.4. The number of amides is 1. The second kappa shape index (κ2) is 9.80. The van der Waals surface area contributed by atoms with Crippen LogP contribution in [0, 0.1) is 11.3 Å². The Hall–Kier alpha value is -2.11. The van der Waals surface area contributed by atoms with Crippen LogP contribution in [-0.2, 0) is 17.5 Å². The maximum absolute atomic E-state index is 12.7. The van der Waals surface area contributed by atoms with E-state index in [1.165, 1.54) is 12.1 Å². The maximum Gasteiger partial charge on any atom is 0.416 e. The summed E-state index contributed by atoms with van der Waals surface area (Å²) in [6.45, 7) is 3.80. The minimum atomic E-state index is -4.31. The van der Waals surface area contributed by atoms with Crippen molar-refractivity contribution in [3.8, 4) is 6.07 Å². The second-order valence-corrected chi connectivity index (χ2v) is 8.40. The first-order chi connectivity index (χ1) is 14.3. The lowest BCUT2D eigenvalue weighted by Gasteiger charge is -2.35. The van der Waals surface area contributed by atoms with Crippen LogP contribution in [0.5, 0.6) is 0 Å². The molecule has 1 amide bonds. The Bertz CT molecular complexity index is 741. The third kappa shape index (κ3) is 6.19. The fourth-order valence-corrected chi connectivity index (χ4v) is 4.27. The number of piperazine rings is 1. The van der Waals surface area contributed by atoms with Crippen LogP contribution < -0.4 is 5.32 Å². The molecule has 1 aromatic rings. The first kappa shape index (κ1) is 22.6. The minimum absolute atomic E-state index is 0.102. The molecule has 0 spiro atoms. The molecule has 1 saturated carbocycles. The molecule has 1 heterocycles. The Morgan fingerprint density at radius 2 is 1.57 bits per heavy atom. The van der Waals surface area contributed by atoms with Gasteiger partial charge in [0.15, 0.2) is 0 Å². The molecule has 1 aliphatic heterocycles. The first-order valence-electron chi connectivity index (χ1n) is 10.6. The molecule has 164 valence electrons. The third-order valence-corrected chi connectivity index (χ3v) is 6.07. The van der Waals surface area contributed by atoms with Crippen molar-refractivity contribution in [3.05, 3.63) is 35.4 Å². The lowest BCUT2D eigenvalue weighted by atomic mass is 9.92. The van der Waals surface area contributed by atoms with E-state index in [1.54, 1.807) is 0 Å². The number of carbonyl (C=O) groups is 1. The Morgan fingerprint density at radius 3 is 2.10 bits per heavy atom. The van der Waals surface area contributed by atoms with E-state index in [1.807, 2.05) is 0 Å². The molecule has 1 N–H and O–H groups in total. The normalized spacial score (nSPS) is 20.9. The van der Waals surface area contributed by atoms with Gasteiger partial charge in [-0.2, -0.15) is 18.4 Å². The highest BCUT2D eigenvalue weighted by Crippen LogP contribution is 2.29. The summed E-state index contributed by atoms with van der Waals surface area (Å²) in [6.07, 6.45) is 1.28. The van der Waals surface area contributed by atoms with Crippen molar-refractivity contribution in [2.75, 3.05) is 32.7 Å². The summed E-state index contributed by atoms with van der Waals surface area (Å²) in [5, 5.41) is 12.6. The number of hydrogen-bond donors (Lipinski definition) is 1. The number of hydrogen-bond acceptors (Lipinski definition) is 4. The van der Waals surface area contributed by atoms with Gasteiger partial charge in [-0.05, 0) is 30.5 Å². The summed E-state index contributed by atoms with van der Waals surface area (Å²) in [5.74, 6) is -0.102. The first-order valence-corrected chi connectivity index (χ1v) is 10.6. The van der Waals surface area contributed by atoms with Gasteiger partial charge in [0.05, 0.1) is 18.2 Å². The van der Waals surface area contributed by atoms with Gasteiger partial charge in [0, 0.05) is 32.7 Å². The number of nitriles is 1. The number of benzene rings is 1. The standard InChI is InChI=1S/C22H29F3N4O/c23-22(24,25)19-7-5-18(6-8-19)15-28-11-13-29(14-12-28)16-20(30)27-21(17-26)9-3-1-2-4-10-21/h5-8H,1-4,9-16H2,(H,27,30). The van der Waals surface area contributed by atoms with Crippen LogP contribution in [0.3, 0.4) is 0 Å². The zero-order valence-corrected chi connectivity index (χ0v) is 17.2. The summed E-state index contributed by atoms with van der Waals surface area (Å²) in [6, 6.07) is 7.63. The van der Waals surface area contributed by atoms with Gasteiger partial charge in [-0.15, -0.1) is 0 Å². The summed E-state index contributed by atoms with van der Waals surface area (Å²) < 4.78 is 38.0. The lowest BCUT2D eigenvalue weighted by Crippen LogP contribution is -2.53. The van der Waals surface area contributed by atoms with E-state index in [9.17, 15) is 23.2 Å². The molecule has 0 radical (unpaired) electrons. The van der Waals surface area contributed by atoms with Gasteiger partial charge in [-0.1, -0.05) is 37.8 Å². The number of nitrogens with one attached hydrogen (secondary N) is 1. The van der Waals surface area contributed by atoms with Crippen molar-refractivity contribution < 1.29 is 18.0 Å². The average Bonchev–Trinajstić information content (AvgIpc) is 2.95. The SMILES string of the molecule is N#CC1(NC(=O)CN2CCN(Cc3ccc(C(F)(F)F)cc3)CC2)CCCCCC1. The number of alkyl halides is 3. The number of rotatable bonds is 5. The van der Waals surface area contributed by atoms with E-state index >= 15 is 0 Å². The predicted octanol–water partition coefficient (Wildman–Crippen LogP) is 3.56. The van der Waals surface area contributed by atoms with Crippen molar-refractivity contribution in [2.45, 2.75) is 56.8 Å². The van der Waals surface area contributed by atoms with Crippen molar-refractivity contribution in [3.63, 3.8) is 0 Å². The zero-order chi connectivity index (χ0) is 21.6. The van der Waals surface area contributed by atoms with Gasteiger partial charge in [0.1, 0.15) is 5.54 Å². The number of nitrogens with zero attached hydrogens (tertiary/aromatic N) is 3. The van der Waals surface area contributed by atoms with E-state index in [-0.39, 0.29) is 12.5 Å². The molecule has 0 unspecified atom stereocenters. The van der Waals surface area contributed by atoms with Crippen molar-refractivity contribution >= 4 is 5.91 Å². The van der Waals surface area contributed by atoms with Gasteiger partial charge < -0.3 is 5.32 Å². The summed E-state index contributed by atoms with van der Waals surface area (Å²) in [5.41, 5.74) is -0.512. The zero-order valence-electron chi connectivity index (χ0n) is 17.2. The number of halogens is 3. The molecule has 2 fully saturated rings. The molecule has 3 rings (SSSR count). The Balaban J connectivity index is 1.44. The van der Waals surface area contributed by atoms with Crippen molar-refractivity contribution in [2.24, 2.45) is 0 Å². The quantitative estimate of drug-likeness (QED) is 0.738.